The molecule has 7 nitrogen and oxygen atoms in total. The molecule has 1 aliphatic carbocycles. The number of nitrogens with zero attached hydrogens (tertiary/aromatic N) is 1. The fourth-order valence-corrected chi connectivity index (χ4v) is 3.75. The van der Waals surface area contributed by atoms with Crippen molar-refractivity contribution in [2.45, 2.75) is 26.2 Å². The SMILES string of the molecule is Cc1c(C(=O)NNC(=O)c2ccc(Br)cc2)oc2c1/C(=N/Nc1ccccc1)CCC2. The Morgan fingerprint density at radius 2 is 1.68 bits per heavy atom. The first kappa shape index (κ1) is 20.9. The van der Waals surface area contributed by atoms with E-state index < -0.39 is 11.8 Å². The highest BCUT2D eigenvalue weighted by Gasteiger charge is 2.28. The molecule has 4 rings (SSSR count). The van der Waals surface area contributed by atoms with Crippen molar-refractivity contribution in [2.75, 3.05) is 5.43 Å². The third-order valence-corrected chi connectivity index (χ3v) is 5.55. The van der Waals surface area contributed by atoms with Crippen LogP contribution in [0, 0.1) is 6.92 Å². The summed E-state index contributed by atoms with van der Waals surface area (Å²) in [5.74, 6) is -0.00553. The van der Waals surface area contributed by atoms with Crippen LogP contribution in [0.4, 0.5) is 5.69 Å². The molecule has 0 atom stereocenters. The third-order valence-electron chi connectivity index (χ3n) is 5.02. The van der Waals surface area contributed by atoms with Gasteiger partial charge in [-0.15, -0.1) is 0 Å². The fraction of sp³-hybridized carbons (Fsp3) is 0.174. The number of halogens is 1. The second kappa shape index (κ2) is 9.18. The molecule has 0 spiro atoms. The Hall–Kier alpha value is -3.39. The zero-order valence-corrected chi connectivity index (χ0v) is 18.5. The van der Waals surface area contributed by atoms with E-state index in [0.717, 1.165) is 46.5 Å². The van der Waals surface area contributed by atoms with Crippen LogP contribution in [0.2, 0.25) is 0 Å². The number of rotatable bonds is 4. The minimum Gasteiger partial charge on any atom is -0.455 e. The summed E-state index contributed by atoms with van der Waals surface area (Å²) in [6.07, 6.45) is 2.41. The van der Waals surface area contributed by atoms with Gasteiger partial charge in [0.05, 0.1) is 11.4 Å². The predicted octanol–water partition coefficient (Wildman–Crippen LogP) is 4.58. The second-order valence-corrected chi connectivity index (χ2v) is 8.08. The molecule has 0 fully saturated rings. The predicted molar refractivity (Wildman–Crippen MR) is 122 cm³/mol. The highest BCUT2D eigenvalue weighted by molar-refractivity contribution is 9.10. The first-order valence-corrected chi connectivity index (χ1v) is 10.7. The maximum absolute atomic E-state index is 12.7. The van der Waals surface area contributed by atoms with Gasteiger partial charge in [0.25, 0.3) is 5.91 Å². The average Bonchev–Trinajstić information content (AvgIpc) is 3.14. The average molecular weight is 481 g/mol. The molecule has 0 radical (unpaired) electrons. The standard InChI is InChI=1S/C23H21BrN4O3/c1-14-20-18(26-25-17-6-3-2-4-7-17)8-5-9-19(20)31-21(14)23(30)28-27-22(29)15-10-12-16(24)13-11-15/h2-4,6-7,10-13,25H,5,8-9H2,1H3,(H,27,29)(H,28,30)/b26-18+. The molecule has 1 aromatic heterocycles. The summed E-state index contributed by atoms with van der Waals surface area (Å²) in [5, 5.41) is 4.55. The number of anilines is 1. The molecule has 2 amide bonds. The lowest BCUT2D eigenvalue weighted by Crippen LogP contribution is -2.41. The van der Waals surface area contributed by atoms with E-state index in [4.69, 9.17) is 4.42 Å². The zero-order valence-electron chi connectivity index (χ0n) is 16.9. The Bertz CT molecular complexity index is 1140. The first-order chi connectivity index (χ1) is 15.0. The van der Waals surface area contributed by atoms with Crippen molar-refractivity contribution in [3.05, 3.63) is 87.3 Å². The smallest absolute Gasteiger partial charge is 0.305 e. The number of hydrazine groups is 1. The summed E-state index contributed by atoms with van der Waals surface area (Å²) in [4.78, 5) is 24.9. The van der Waals surface area contributed by atoms with Crippen LogP contribution in [0.15, 0.2) is 68.6 Å². The number of hydrazone groups is 1. The summed E-state index contributed by atoms with van der Waals surface area (Å²) in [6.45, 7) is 1.83. The summed E-state index contributed by atoms with van der Waals surface area (Å²) in [6, 6.07) is 16.5. The van der Waals surface area contributed by atoms with Crippen molar-refractivity contribution >= 4 is 39.1 Å². The van der Waals surface area contributed by atoms with Gasteiger partial charge in [-0.2, -0.15) is 5.10 Å². The maximum Gasteiger partial charge on any atom is 0.305 e. The van der Waals surface area contributed by atoms with Crippen molar-refractivity contribution in [1.29, 1.82) is 0 Å². The van der Waals surface area contributed by atoms with E-state index in [2.05, 4.69) is 37.3 Å². The minimum absolute atomic E-state index is 0.176. The van der Waals surface area contributed by atoms with E-state index in [1.54, 1.807) is 24.3 Å². The van der Waals surface area contributed by atoms with Crippen molar-refractivity contribution in [2.24, 2.45) is 5.10 Å². The topological polar surface area (TPSA) is 95.7 Å². The van der Waals surface area contributed by atoms with Gasteiger partial charge >= 0.3 is 5.91 Å². The van der Waals surface area contributed by atoms with Gasteiger partial charge in [-0.1, -0.05) is 34.1 Å². The molecule has 158 valence electrons. The molecule has 31 heavy (non-hydrogen) atoms. The highest BCUT2D eigenvalue weighted by Crippen LogP contribution is 2.30. The van der Waals surface area contributed by atoms with E-state index in [1.165, 1.54) is 0 Å². The summed E-state index contributed by atoms with van der Waals surface area (Å²) in [5.41, 5.74) is 11.7. The molecule has 0 saturated heterocycles. The van der Waals surface area contributed by atoms with Gasteiger partial charge in [0, 0.05) is 27.6 Å². The number of benzene rings is 2. The molecule has 2 aromatic carbocycles. The van der Waals surface area contributed by atoms with Crippen LogP contribution in [0.1, 0.15) is 50.6 Å². The van der Waals surface area contributed by atoms with Gasteiger partial charge in [-0.3, -0.25) is 25.9 Å². The largest absolute Gasteiger partial charge is 0.455 e. The molecule has 3 aromatic rings. The molecule has 0 bridgehead atoms. The van der Waals surface area contributed by atoms with E-state index in [9.17, 15) is 9.59 Å². The van der Waals surface area contributed by atoms with Crippen LogP contribution < -0.4 is 16.3 Å². The van der Waals surface area contributed by atoms with Crippen molar-refractivity contribution < 1.29 is 14.0 Å². The van der Waals surface area contributed by atoms with Crippen LogP contribution >= 0.6 is 15.9 Å². The number of para-hydroxylation sites is 1. The highest BCUT2D eigenvalue weighted by atomic mass is 79.9. The normalized spacial score (nSPS) is 14.1. The lowest BCUT2D eigenvalue weighted by molar-refractivity contribution is 0.0829. The number of carbonyl (C=O) groups excluding carboxylic acids is 2. The lowest BCUT2D eigenvalue weighted by Gasteiger charge is -2.13. The van der Waals surface area contributed by atoms with Crippen LogP contribution in [0.3, 0.4) is 0 Å². The Labute approximate surface area is 188 Å². The van der Waals surface area contributed by atoms with Crippen molar-refractivity contribution in [1.82, 2.24) is 10.9 Å². The summed E-state index contributed by atoms with van der Waals surface area (Å²) < 4.78 is 6.72. The summed E-state index contributed by atoms with van der Waals surface area (Å²) >= 11 is 3.32. The number of nitrogens with one attached hydrogen (secondary N) is 3. The Balaban J connectivity index is 1.48. The molecule has 8 heteroatoms. The Kier molecular flexibility index (Phi) is 6.18. The Morgan fingerprint density at radius 1 is 0.968 bits per heavy atom. The second-order valence-electron chi connectivity index (χ2n) is 7.16. The summed E-state index contributed by atoms with van der Waals surface area (Å²) in [7, 11) is 0. The van der Waals surface area contributed by atoms with Crippen LogP contribution in [-0.2, 0) is 6.42 Å². The van der Waals surface area contributed by atoms with Crippen LogP contribution in [-0.4, -0.2) is 17.5 Å². The van der Waals surface area contributed by atoms with E-state index in [1.807, 2.05) is 37.3 Å². The third kappa shape index (κ3) is 4.69. The van der Waals surface area contributed by atoms with E-state index >= 15 is 0 Å². The number of hydrogen-bond donors (Lipinski definition) is 3. The molecular formula is C23H21BrN4O3. The molecule has 0 aliphatic heterocycles. The molecule has 3 N–H and O–H groups in total. The number of carbonyl (C=O) groups is 2. The minimum atomic E-state index is -0.507. The molecular weight excluding hydrogens is 460 g/mol. The fourth-order valence-electron chi connectivity index (χ4n) is 3.49. The molecule has 0 saturated carbocycles. The number of hydrogen-bond acceptors (Lipinski definition) is 5. The Morgan fingerprint density at radius 3 is 2.42 bits per heavy atom. The number of furan rings is 1. The van der Waals surface area contributed by atoms with Crippen molar-refractivity contribution in [3.8, 4) is 0 Å². The van der Waals surface area contributed by atoms with Crippen LogP contribution in [0.25, 0.3) is 0 Å². The number of amides is 2. The van der Waals surface area contributed by atoms with Gasteiger partial charge in [-0.05, 0) is 56.2 Å². The quantitative estimate of drug-likeness (QED) is 0.476. The number of fused-ring (bicyclic) bond motifs is 1. The monoisotopic (exact) mass is 480 g/mol. The number of aryl methyl sites for hydroxylation is 1. The lowest BCUT2D eigenvalue weighted by atomic mass is 9.93. The maximum atomic E-state index is 12.7. The molecule has 1 aliphatic rings. The molecule has 0 unspecified atom stereocenters. The van der Waals surface area contributed by atoms with Crippen molar-refractivity contribution in [3.63, 3.8) is 0 Å². The van der Waals surface area contributed by atoms with E-state index in [0.29, 0.717) is 11.1 Å². The van der Waals surface area contributed by atoms with Gasteiger partial charge in [0.15, 0.2) is 5.76 Å². The van der Waals surface area contributed by atoms with E-state index in [-0.39, 0.29) is 5.76 Å². The van der Waals surface area contributed by atoms with Crippen LogP contribution in [0.5, 0.6) is 0 Å². The van der Waals surface area contributed by atoms with Gasteiger partial charge in [0.2, 0.25) is 0 Å². The van der Waals surface area contributed by atoms with Gasteiger partial charge in [-0.25, -0.2) is 0 Å². The molecule has 1 heterocycles. The van der Waals surface area contributed by atoms with Gasteiger partial charge < -0.3 is 4.42 Å². The first-order valence-electron chi connectivity index (χ1n) is 9.89. The zero-order chi connectivity index (χ0) is 21.8. The van der Waals surface area contributed by atoms with Gasteiger partial charge in [0.1, 0.15) is 5.76 Å².